The van der Waals surface area contributed by atoms with Gasteiger partial charge in [-0.1, -0.05) is 11.8 Å². The molecule has 1 heterocycles. The van der Waals surface area contributed by atoms with Crippen LogP contribution in [0.2, 0.25) is 0 Å². The molecule has 0 spiro atoms. The number of amides is 1. The van der Waals surface area contributed by atoms with Crippen molar-refractivity contribution in [3.63, 3.8) is 0 Å². The van der Waals surface area contributed by atoms with Gasteiger partial charge in [-0.2, -0.15) is 8.78 Å². The van der Waals surface area contributed by atoms with Crippen LogP contribution < -0.4 is 5.32 Å². The van der Waals surface area contributed by atoms with Gasteiger partial charge in [-0.15, -0.1) is 0 Å². The number of oxazole rings is 1. The van der Waals surface area contributed by atoms with Crippen molar-refractivity contribution < 1.29 is 18.0 Å². The zero-order valence-corrected chi connectivity index (χ0v) is 12.3. The van der Waals surface area contributed by atoms with Crippen molar-refractivity contribution >= 4 is 17.7 Å². The Hall–Kier alpha value is -1.89. The average molecular weight is 312 g/mol. The molecule has 21 heavy (non-hydrogen) atoms. The predicted molar refractivity (Wildman–Crippen MR) is 75.5 cm³/mol. The third-order valence-corrected chi connectivity index (χ3v) is 3.54. The second-order valence-electron chi connectivity index (χ2n) is 4.33. The third-order valence-electron chi connectivity index (χ3n) is 2.81. The predicted octanol–water partition coefficient (Wildman–Crippen LogP) is 3.54. The molecule has 0 fully saturated rings. The molecule has 2 rings (SSSR count). The molecule has 4 nitrogen and oxygen atoms in total. The standard InChI is InChI=1S/C14H14F2N2O2S/c1-8-9(2)20-12(18-8)7-17-13(19)10-3-5-11(6-4-10)21-14(15)16/h3-6,14H,7H2,1-2H3,(H,17,19). The van der Waals surface area contributed by atoms with E-state index in [1.54, 1.807) is 6.92 Å². The maximum atomic E-state index is 12.2. The van der Waals surface area contributed by atoms with Crippen molar-refractivity contribution in [3.05, 3.63) is 47.2 Å². The lowest BCUT2D eigenvalue weighted by Crippen LogP contribution is -2.22. The molecule has 0 saturated heterocycles. The van der Waals surface area contributed by atoms with Crippen molar-refractivity contribution in [2.24, 2.45) is 0 Å². The summed E-state index contributed by atoms with van der Waals surface area (Å²) in [5.41, 5.74) is 1.18. The maximum absolute atomic E-state index is 12.2. The van der Waals surface area contributed by atoms with Crippen LogP contribution >= 0.6 is 11.8 Å². The fourth-order valence-corrected chi connectivity index (χ4v) is 2.16. The summed E-state index contributed by atoms with van der Waals surface area (Å²) in [4.78, 5) is 16.5. The SMILES string of the molecule is Cc1nc(CNC(=O)c2ccc(SC(F)F)cc2)oc1C. The van der Waals surface area contributed by atoms with Crippen molar-refractivity contribution in [2.75, 3.05) is 0 Å². The molecule has 0 aliphatic carbocycles. The molecule has 1 N–H and O–H groups in total. The van der Waals surface area contributed by atoms with Gasteiger partial charge in [0, 0.05) is 10.5 Å². The zero-order valence-electron chi connectivity index (χ0n) is 11.5. The van der Waals surface area contributed by atoms with Gasteiger partial charge in [0.1, 0.15) is 5.76 Å². The first-order valence-electron chi connectivity index (χ1n) is 6.21. The molecule has 0 unspecified atom stereocenters. The minimum Gasteiger partial charge on any atom is -0.444 e. The minimum atomic E-state index is -2.47. The first-order valence-corrected chi connectivity index (χ1v) is 7.09. The zero-order chi connectivity index (χ0) is 15.4. The average Bonchev–Trinajstić information content (AvgIpc) is 2.75. The lowest BCUT2D eigenvalue weighted by Gasteiger charge is -2.04. The van der Waals surface area contributed by atoms with Gasteiger partial charge in [0.15, 0.2) is 0 Å². The number of hydrogen-bond acceptors (Lipinski definition) is 4. The van der Waals surface area contributed by atoms with E-state index in [2.05, 4.69) is 10.3 Å². The Morgan fingerprint density at radius 1 is 1.33 bits per heavy atom. The van der Waals surface area contributed by atoms with Crippen LogP contribution in [0.25, 0.3) is 0 Å². The number of rotatable bonds is 5. The van der Waals surface area contributed by atoms with E-state index >= 15 is 0 Å². The number of benzene rings is 1. The largest absolute Gasteiger partial charge is 0.444 e. The third kappa shape index (κ3) is 4.29. The smallest absolute Gasteiger partial charge is 0.288 e. The van der Waals surface area contributed by atoms with Crippen molar-refractivity contribution in [3.8, 4) is 0 Å². The summed E-state index contributed by atoms with van der Waals surface area (Å²) in [7, 11) is 0. The molecular formula is C14H14F2N2O2S. The van der Waals surface area contributed by atoms with Crippen LogP contribution in [0.3, 0.4) is 0 Å². The van der Waals surface area contributed by atoms with Gasteiger partial charge in [-0.3, -0.25) is 4.79 Å². The van der Waals surface area contributed by atoms with Crippen LogP contribution in [-0.4, -0.2) is 16.6 Å². The number of nitrogens with one attached hydrogen (secondary N) is 1. The van der Waals surface area contributed by atoms with E-state index in [-0.39, 0.29) is 12.5 Å². The fraction of sp³-hybridized carbons (Fsp3) is 0.286. The summed E-state index contributed by atoms with van der Waals surface area (Å²) in [6.07, 6.45) is 0. The van der Waals surface area contributed by atoms with Gasteiger partial charge < -0.3 is 9.73 Å². The molecule has 0 aliphatic heterocycles. The summed E-state index contributed by atoms with van der Waals surface area (Å²) in [6.45, 7) is 3.80. The normalized spacial score (nSPS) is 10.9. The highest BCUT2D eigenvalue weighted by molar-refractivity contribution is 7.99. The number of carbonyl (C=O) groups is 1. The van der Waals surface area contributed by atoms with Crippen molar-refractivity contribution in [2.45, 2.75) is 31.0 Å². The van der Waals surface area contributed by atoms with Gasteiger partial charge >= 0.3 is 0 Å². The van der Waals surface area contributed by atoms with Crippen LogP contribution in [0.1, 0.15) is 27.7 Å². The highest BCUT2D eigenvalue weighted by atomic mass is 32.2. The number of hydrogen-bond donors (Lipinski definition) is 1. The molecule has 0 bridgehead atoms. The molecule has 0 aliphatic rings. The Bertz CT molecular complexity index is 607. The number of halogens is 2. The first kappa shape index (κ1) is 15.5. The lowest BCUT2D eigenvalue weighted by molar-refractivity contribution is 0.0947. The van der Waals surface area contributed by atoms with Gasteiger partial charge in [-0.25, -0.2) is 4.98 Å². The van der Waals surface area contributed by atoms with Gasteiger partial charge in [0.2, 0.25) is 5.89 Å². The Morgan fingerprint density at radius 3 is 2.52 bits per heavy atom. The number of alkyl halides is 2. The highest BCUT2D eigenvalue weighted by Gasteiger charge is 2.10. The summed E-state index contributed by atoms with van der Waals surface area (Å²) in [5, 5.41) is 2.67. The molecule has 7 heteroatoms. The Labute approximate surface area is 124 Å². The number of aryl methyl sites for hydroxylation is 2. The molecule has 0 radical (unpaired) electrons. The van der Waals surface area contributed by atoms with Gasteiger partial charge in [0.25, 0.3) is 11.7 Å². The molecule has 112 valence electrons. The summed E-state index contributed by atoms with van der Waals surface area (Å²) in [5.74, 6) is -1.63. The summed E-state index contributed by atoms with van der Waals surface area (Å²) in [6, 6.07) is 5.99. The van der Waals surface area contributed by atoms with Crippen LogP contribution in [0.5, 0.6) is 0 Å². The van der Waals surface area contributed by atoms with Gasteiger partial charge in [0.05, 0.1) is 12.2 Å². The van der Waals surface area contributed by atoms with E-state index in [4.69, 9.17) is 4.42 Å². The van der Waals surface area contributed by atoms with Gasteiger partial charge in [-0.05, 0) is 38.1 Å². The van der Waals surface area contributed by atoms with E-state index in [1.165, 1.54) is 24.3 Å². The van der Waals surface area contributed by atoms with E-state index in [0.717, 1.165) is 5.69 Å². The van der Waals surface area contributed by atoms with Crippen molar-refractivity contribution in [1.82, 2.24) is 10.3 Å². The number of aromatic nitrogens is 1. The molecule has 2 aromatic rings. The van der Waals surface area contributed by atoms with Crippen LogP contribution in [-0.2, 0) is 6.54 Å². The van der Waals surface area contributed by atoms with Crippen LogP contribution in [0.15, 0.2) is 33.6 Å². The Morgan fingerprint density at radius 2 is 2.00 bits per heavy atom. The summed E-state index contributed by atoms with van der Waals surface area (Å²) < 4.78 is 29.7. The van der Waals surface area contributed by atoms with E-state index in [0.29, 0.717) is 33.9 Å². The van der Waals surface area contributed by atoms with E-state index in [1.807, 2.05) is 6.92 Å². The van der Waals surface area contributed by atoms with E-state index < -0.39 is 5.76 Å². The number of thioether (sulfide) groups is 1. The second-order valence-corrected chi connectivity index (χ2v) is 5.40. The molecule has 1 amide bonds. The summed E-state index contributed by atoms with van der Waals surface area (Å²) >= 11 is 0.443. The molecule has 0 atom stereocenters. The maximum Gasteiger partial charge on any atom is 0.288 e. The quantitative estimate of drug-likeness (QED) is 0.858. The Kier molecular flexibility index (Phi) is 4.95. The molecule has 1 aromatic heterocycles. The number of nitrogens with zero attached hydrogens (tertiary/aromatic N) is 1. The molecule has 0 saturated carbocycles. The molecular weight excluding hydrogens is 298 g/mol. The van der Waals surface area contributed by atoms with Crippen LogP contribution in [0, 0.1) is 13.8 Å². The Balaban J connectivity index is 1.93. The first-order chi connectivity index (χ1) is 9.95. The minimum absolute atomic E-state index is 0.182. The second kappa shape index (κ2) is 6.71. The lowest BCUT2D eigenvalue weighted by atomic mass is 10.2. The van der Waals surface area contributed by atoms with Crippen LogP contribution in [0.4, 0.5) is 8.78 Å². The fourth-order valence-electron chi connectivity index (χ4n) is 1.66. The van der Waals surface area contributed by atoms with Crippen molar-refractivity contribution in [1.29, 1.82) is 0 Å². The number of carbonyl (C=O) groups excluding carboxylic acids is 1. The van der Waals surface area contributed by atoms with E-state index in [9.17, 15) is 13.6 Å². The molecule has 1 aromatic carbocycles. The topological polar surface area (TPSA) is 55.1 Å². The monoisotopic (exact) mass is 312 g/mol. The highest BCUT2D eigenvalue weighted by Crippen LogP contribution is 2.25.